The molecule has 3 rings (SSSR count). The third kappa shape index (κ3) is 2.44. The number of aromatic nitrogens is 2. The number of pyridine rings is 1. The summed E-state index contributed by atoms with van der Waals surface area (Å²) >= 11 is 3.36. The lowest BCUT2D eigenvalue weighted by atomic mass is 10.1. The highest BCUT2D eigenvalue weighted by Gasteiger charge is 2.07. The first-order chi connectivity index (χ1) is 9.63. The number of benzene rings is 1. The Morgan fingerprint density at radius 1 is 1.25 bits per heavy atom. The summed E-state index contributed by atoms with van der Waals surface area (Å²) in [6.45, 7) is 0.656. The van der Waals surface area contributed by atoms with Gasteiger partial charge in [-0.05, 0) is 52.3 Å². The van der Waals surface area contributed by atoms with Gasteiger partial charge >= 0.3 is 5.97 Å². The molecule has 100 valence electrons. The second kappa shape index (κ2) is 5.09. The van der Waals surface area contributed by atoms with Crippen molar-refractivity contribution in [1.82, 2.24) is 9.55 Å². The molecule has 20 heavy (non-hydrogen) atoms. The van der Waals surface area contributed by atoms with Gasteiger partial charge in [0.15, 0.2) is 0 Å². The normalized spacial score (nSPS) is 10.8. The molecule has 3 aromatic rings. The Balaban J connectivity index is 1.96. The largest absolute Gasteiger partial charge is 0.478 e. The number of hydrogen-bond acceptors (Lipinski definition) is 2. The highest BCUT2D eigenvalue weighted by atomic mass is 79.9. The SMILES string of the molecule is O=C(O)c1ccc2c(ccn2Cc2ccc(Br)cn2)c1. The Morgan fingerprint density at radius 3 is 2.80 bits per heavy atom. The van der Waals surface area contributed by atoms with Crippen LogP contribution in [0, 0.1) is 0 Å². The van der Waals surface area contributed by atoms with E-state index < -0.39 is 5.97 Å². The average Bonchev–Trinajstić information content (AvgIpc) is 2.84. The molecule has 0 spiro atoms. The van der Waals surface area contributed by atoms with Crippen LogP contribution in [0.5, 0.6) is 0 Å². The number of fused-ring (bicyclic) bond motifs is 1. The van der Waals surface area contributed by atoms with E-state index in [0.29, 0.717) is 12.1 Å². The van der Waals surface area contributed by atoms with Crippen LogP contribution >= 0.6 is 15.9 Å². The molecular formula is C15H11BrN2O2. The molecule has 0 bridgehead atoms. The van der Waals surface area contributed by atoms with E-state index >= 15 is 0 Å². The van der Waals surface area contributed by atoms with Crippen molar-refractivity contribution in [2.45, 2.75) is 6.54 Å². The van der Waals surface area contributed by atoms with Crippen LogP contribution in [0.25, 0.3) is 10.9 Å². The fourth-order valence-corrected chi connectivity index (χ4v) is 2.38. The molecule has 0 fully saturated rings. The smallest absolute Gasteiger partial charge is 0.335 e. The molecule has 5 heteroatoms. The molecule has 1 aromatic carbocycles. The fraction of sp³-hybridized carbons (Fsp3) is 0.0667. The molecule has 0 amide bonds. The van der Waals surface area contributed by atoms with Crippen LogP contribution in [0.15, 0.2) is 53.3 Å². The van der Waals surface area contributed by atoms with Crippen LogP contribution < -0.4 is 0 Å². The average molecular weight is 331 g/mol. The number of aromatic carboxylic acids is 1. The van der Waals surface area contributed by atoms with Crippen molar-refractivity contribution in [2.75, 3.05) is 0 Å². The summed E-state index contributed by atoms with van der Waals surface area (Å²) in [7, 11) is 0. The molecule has 0 unspecified atom stereocenters. The molecule has 1 N–H and O–H groups in total. The lowest BCUT2D eigenvalue weighted by Crippen LogP contribution is -2.00. The van der Waals surface area contributed by atoms with E-state index in [1.165, 1.54) is 0 Å². The highest BCUT2D eigenvalue weighted by Crippen LogP contribution is 2.19. The molecule has 0 saturated heterocycles. The summed E-state index contributed by atoms with van der Waals surface area (Å²) in [5.74, 6) is -0.908. The second-order valence-electron chi connectivity index (χ2n) is 4.49. The lowest BCUT2D eigenvalue weighted by molar-refractivity contribution is 0.0697. The van der Waals surface area contributed by atoms with Gasteiger partial charge in [-0.25, -0.2) is 4.79 Å². The Kier molecular flexibility index (Phi) is 3.28. The van der Waals surface area contributed by atoms with Crippen molar-refractivity contribution >= 4 is 32.8 Å². The summed E-state index contributed by atoms with van der Waals surface area (Å²) in [4.78, 5) is 15.3. The molecular weight excluding hydrogens is 320 g/mol. The van der Waals surface area contributed by atoms with Crippen molar-refractivity contribution < 1.29 is 9.90 Å². The lowest BCUT2D eigenvalue weighted by Gasteiger charge is -2.05. The van der Waals surface area contributed by atoms with Gasteiger partial charge in [-0.2, -0.15) is 0 Å². The summed E-state index contributed by atoms with van der Waals surface area (Å²) in [5, 5.41) is 9.91. The van der Waals surface area contributed by atoms with Crippen molar-refractivity contribution in [2.24, 2.45) is 0 Å². The molecule has 4 nitrogen and oxygen atoms in total. The third-order valence-corrected chi connectivity index (χ3v) is 3.61. The number of halogens is 1. The maximum absolute atomic E-state index is 11.0. The minimum Gasteiger partial charge on any atom is -0.478 e. The van der Waals surface area contributed by atoms with Crippen LogP contribution in [0.4, 0.5) is 0 Å². The minimum absolute atomic E-state index is 0.303. The molecule has 2 heterocycles. The monoisotopic (exact) mass is 330 g/mol. The van der Waals surface area contributed by atoms with Gasteiger partial charge in [0.1, 0.15) is 0 Å². The molecule has 0 aliphatic carbocycles. The number of carboxylic acid groups (broad SMARTS) is 1. The van der Waals surface area contributed by atoms with Gasteiger partial charge in [-0.1, -0.05) is 0 Å². The standard InChI is InChI=1S/C15H11BrN2O2/c16-12-2-3-13(17-8-12)9-18-6-5-10-7-11(15(19)20)1-4-14(10)18/h1-8H,9H2,(H,19,20). The van der Waals surface area contributed by atoms with Crippen molar-refractivity contribution in [1.29, 1.82) is 0 Å². The van der Waals surface area contributed by atoms with E-state index in [4.69, 9.17) is 5.11 Å². The Bertz CT molecular complexity index is 778. The molecule has 0 aliphatic heterocycles. The third-order valence-electron chi connectivity index (χ3n) is 3.14. The van der Waals surface area contributed by atoms with Gasteiger partial charge in [-0.3, -0.25) is 4.98 Å². The van der Waals surface area contributed by atoms with Gasteiger partial charge < -0.3 is 9.67 Å². The number of carbonyl (C=O) groups is 1. The Labute approximate surface area is 123 Å². The zero-order chi connectivity index (χ0) is 14.1. The summed E-state index contributed by atoms with van der Waals surface area (Å²) in [5.41, 5.74) is 2.25. The van der Waals surface area contributed by atoms with Crippen molar-refractivity contribution in [3.05, 3.63) is 64.5 Å². The van der Waals surface area contributed by atoms with Gasteiger partial charge in [0.2, 0.25) is 0 Å². The molecule has 0 saturated carbocycles. The Hall–Kier alpha value is -2.14. The van der Waals surface area contributed by atoms with Crippen LogP contribution in [-0.4, -0.2) is 20.6 Å². The first-order valence-electron chi connectivity index (χ1n) is 6.06. The second-order valence-corrected chi connectivity index (χ2v) is 5.41. The predicted molar refractivity (Wildman–Crippen MR) is 79.9 cm³/mol. The Morgan fingerprint density at radius 2 is 2.10 bits per heavy atom. The minimum atomic E-state index is -0.908. The molecule has 2 aromatic heterocycles. The first kappa shape index (κ1) is 12.9. The van der Waals surface area contributed by atoms with Gasteiger partial charge in [0, 0.05) is 27.8 Å². The van der Waals surface area contributed by atoms with E-state index in [1.807, 2.05) is 30.5 Å². The quantitative estimate of drug-likeness (QED) is 0.799. The molecule has 0 radical (unpaired) electrons. The topological polar surface area (TPSA) is 55.1 Å². The summed E-state index contributed by atoms with van der Waals surface area (Å²) < 4.78 is 3.00. The number of nitrogens with zero attached hydrogens (tertiary/aromatic N) is 2. The van der Waals surface area contributed by atoms with Crippen LogP contribution in [0.1, 0.15) is 16.1 Å². The number of hydrogen-bond donors (Lipinski definition) is 1. The van der Waals surface area contributed by atoms with Crippen LogP contribution in [0.3, 0.4) is 0 Å². The predicted octanol–water partition coefficient (Wildman–Crippen LogP) is 3.55. The van der Waals surface area contributed by atoms with E-state index in [2.05, 4.69) is 25.5 Å². The van der Waals surface area contributed by atoms with Crippen molar-refractivity contribution in [3.8, 4) is 0 Å². The van der Waals surface area contributed by atoms with E-state index in [0.717, 1.165) is 21.1 Å². The van der Waals surface area contributed by atoms with Crippen LogP contribution in [0.2, 0.25) is 0 Å². The van der Waals surface area contributed by atoms with Gasteiger partial charge in [0.25, 0.3) is 0 Å². The maximum atomic E-state index is 11.0. The molecule has 0 atom stereocenters. The first-order valence-corrected chi connectivity index (χ1v) is 6.85. The van der Waals surface area contributed by atoms with E-state index in [1.54, 1.807) is 18.3 Å². The highest BCUT2D eigenvalue weighted by molar-refractivity contribution is 9.10. The zero-order valence-electron chi connectivity index (χ0n) is 10.5. The van der Waals surface area contributed by atoms with E-state index in [-0.39, 0.29) is 0 Å². The summed E-state index contributed by atoms with van der Waals surface area (Å²) in [6.07, 6.45) is 3.71. The maximum Gasteiger partial charge on any atom is 0.335 e. The fourth-order valence-electron chi connectivity index (χ4n) is 2.15. The number of carboxylic acids is 1. The summed E-state index contributed by atoms with van der Waals surface area (Å²) in [6, 6.07) is 11.0. The number of rotatable bonds is 3. The van der Waals surface area contributed by atoms with Crippen LogP contribution in [-0.2, 0) is 6.54 Å². The van der Waals surface area contributed by atoms with E-state index in [9.17, 15) is 4.79 Å². The van der Waals surface area contributed by atoms with Gasteiger partial charge in [0.05, 0.1) is 17.8 Å². The van der Waals surface area contributed by atoms with Gasteiger partial charge in [-0.15, -0.1) is 0 Å². The molecule has 0 aliphatic rings. The zero-order valence-corrected chi connectivity index (χ0v) is 12.0. The van der Waals surface area contributed by atoms with Crippen molar-refractivity contribution in [3.63, 3.8) is 0 Å².